The average Bonchev–Trinajstić information content (AvgIpc) is 2.75. The lowest BCUT2D eigenvalue weighted by atomic mass is 10.1. The van der Waals surface area contributed by atoms with Gasteiger partial charge in [-0.2, -0.15) is 11.3 Å². The number of ketones is 1. The van der Waals surface area contributed by atoms with Crippen LogP contribution in [0.2, 0.25) is 0 Å². The molecule has 0 bridgehead atoms. The summed E-state index contributed by atoms with van der Waals surface area (Å²) in [6.07, 6.45) is 0.493. The van der Waals surface area contributed by atoms with Crippen LogP contribution in [0, 0.1) is 6.92 Å². The number of aryl methyl sites for hydroxylation is 1. The third-order valence-corrected chi connectivity index (χ3v) is 3.65. The minimum Gasteiger partial charge on any atom is -0.293 e. The highest BCUT2D eigenvalue weighted by Gasteiger charge is 2.12. The number of hydrogen-bond acceptors (Lipinski definition) is 4. The van der Waals surface area contributed by atoms with Gasteiger partial charge in [0, 0.05) is 6.42 Å². The van der Waals surface area contributed by atoms with Crippen molar-refractivity contribution in [3.8, 4) is 0 Å². The fourth-order valence-corrected chi connectivity index (χ4v) is 2.64. The highest BCUT2D eigenvalue weighted by atomic mass is 32.1. The molecule has 2 aromatic rings. The molecular formula is C10H9NOS2. The van der Waals surface area contributed by atoms with Crippen LogP contribution in [0.1, 0.15) is 20.9 Å². The van der Waals surface area contributed by atoms with Crippen LogP contribution < -0.4 is 0 Å². The minimum atomic E-state index is 0.170. The molecule has 0 aliphatic carbocycles. The van der Waals surface area contributed by atoms with E-state index in [9.17, 15) is 4.79 Å². The molecule has 72 valence electrons. The van der Waals surface area contributed by atoms with Gasteiger partial charge in [-0.15, -0.1) is 11.3 Å². The van der Waals surface area contributed by atoms with Crippen molar-refractivity contribution < 1.29 is 4.79 Å². The van der Waals surface area contributed by atoms with Crippen molar-refractivity contribution in [2.24, 2.45) is 0 Å². The Hall–Kier alpha value is -1.000. The highest BCUT2D eigenvalue weighted by Crippen LogP contribution is 2.16. The summed E-state index contributed by atoms with van der Waals surface area (Å²) in [4.78, 5) is 16.6. The fraction of sp³-hybridized carbons (Fsp3) is 0.200. The number of thiophene rings is 1. The van der Waals surface area contributed by atoms with E-state index in [0.29, 0.717) is 6.42 Å². The third-order valence-electron chi connectivity index (χ3n) is 1.94. The summed E-state index contributed by atoms with van der Waals surface area (Å²) in [5.74, 6) is 0.170. The van der Waals surface area contributed by atoms with Gasteiger partial charge in [0.2, 0.25) is 0 Å². The van der Waals surface area contributed by atoms with Crippen molar-refractivity contribution in [2.45, 2.75) is 13.3 Å². The maximum atomic E-state index is 11.8. The van der Waals surface area contributed by atoms with Crippen LogP contribution in [0.25, 0.3) is 0 Å². The molecule has 4 heteroatoms. The first-order chi connectivity index (χ1) is 6.77. The normalized spacial score (nSPS) is 10.4. The molecule has 0 aliphatic rings. The van der Waals surface area contributed by atoms with Crippen LogP contribution in [0.5, 0.6) is 0 Å². The molecule has 0 unspecified atom stereocenters. The van der Waals surface area contributed by atoms with E-state index in [1.165, 1.54) is 11.3 Å². The predicted molar refractivity (Wildman–Crippen MR) is 59.2 cm³/mol. The first-order valence-corrected chi connectivity index (χ1v) is 6.04. The van der Waals surface area contributed by atoms with Gasteiger partial charge in [-0.3, -0.25) is 4.79 Å². The van der Waals surface area contributed by atoms with E-state index in [0.717, 1.165) is 16.1 Å². The molecule has 0 aromatic carbocycles. The van der Waals surface area contributed by atoms with Crippen molar-refractivity contribution in [1.29, 1.82) is 0 Å². The quantitative estimate of drug-likeness (QED) is 0.749. The van der Waals surface area contributed by atoms with Crippen LogP contribution in [0.4, 0.5) is 0 Å². The van der Waals surface area contributed by atoms with Gasteiger partial charge in [-0.05, 0) is 29.3 Å². The van der Waals surface area contributed by atoms with Gasteiger partial charge in [-0.25, -0.2) is 4.98 Å². The van der Waals surface area contributed by atoms with Crippen molar-refractivity contribution in [1.82, 2.24) is 4.98 Å². The zero-order chi connectivity index (χ0) is 9.97. The van der Waals surface area contributed by atoms with E-state index >= 15 is 0 Å². The monoisotopic (exact) mass is 223 g/mol. The smallest absolute Gasteiger partial charge is 0.179 e. The van der Waals surface area contributed by atoms with E-state index in [1.54, 1.807) is 16.8 Å². The lowest BCUT2D eigenvalue weighted by Gasteiger charge is -1.95. The Kier molecular flexibility index (Phi) is 2.74. The lowest BCUT2D eigenvalue weighted by Crippen LogP contribution is -2.01. The molecule has 0 atom stereocenters. The molecule has 0 aliphatic heterocycles. The second-order valence-electron chi connectivity index (χ2n) is 3.00. The van der Waals surface area contributed by atoms with Crippen molar-refractivity contribution >= 4 is 28.5 Å². The van der Waals surface area contributed by atoms with Crippen LogP contribution >= 0.6 is 22.7 Å². The molecule has 0 saturated carbocycles. The number of carbonyl (C=O) groups excluding carboxylic acids is 1. The summed E-state index contributed by atoms with van der Waals surface area (Å²) >= 11 is 3.04. The summed E-state index contributed by atoms with van der Waals surface area (Å²) in [6.45, 7) is 1.87. The Morgan fingerprint density at radius 2 is 2.43 bits per heavy atom. The van der Waals surface area contributed by atoms with Gasteiger partial charge >= 0.3 is 0 Å². The SMILES string of the molecule is Cc1ncsc1C(=O)Cc1ccsc1. The van der Waals surface area contributed by atoms with E-state index in [-0.39, 0.29) is 5.78 Å². The van der Waals surface area contributed by atoms with Gasteiger partial charge < -0.3 is 0 Å². The molecule has 0 N–H and O–H groups in total. The number of Topliss-reactive ketones (excluding diaryl/α,β-unsaturated/α-hetero) is 1. The van der Waals surface area contributed by atoms with Crippen LogP contribution in [-0.4, -0.2) is 10.8 Å². The van der Waals surface area contributed by atoms with Crippen molar-refractivity contribution in [2.75, 3.05) is 0 Å². The number of nitrogens with zero attached hydrogens (tertiary/aromatic N) is 1. The Morgan fingerprint density at radius 1 is 1.57 bits per heavy atom. The van der Waals surface area contributed by atoms with Gasteiger partial charge in [0.1, 0.15) is 0 Å². The first kappa shape index (κ1) is 9.55. The molecule has 2 nitrogen and oxygen atoms in total. The maximum Gasteiger partial charge on any atom is 0.179 e. The van der Waals surface area contributed by atoms with E-state index in [1.807, 2.05) is 23.8 Å². The molecule has 0 fully saturated rings. The molecule has 0 radical (unpaired) electrons. The number of thiazole rings is 1. The number of rotatable bonds is 3. The number of carbonyl (C=O) groups is 1. The van der Waals surface area contributed by atoms with Gasteiger partial charge in [0.15, 0.2) is 5.78 Å². The first-order valence-electron chi connectivity index (χ1n) is 4.21. The van der Waals surface area contributed by atoms with Gasteiger partial charge in [0.05, 0.1) is 16.1 Å². The molecule has 2 heterocycles. The minimum absolute atomic E-state index is 0.170. The van der Waals surface area contributed by atoms with E-state index in [4.69, 9.17) is 0 Å². The van der Waals surface area contributed by atoms with Crippen molar-refractivity contribution in [3.63, 3.8) is 0 Å². The number of aromatic nitrogens is 1. The summed E-state index contributed by atoms with van der Waals surface area (Å²) in [5.41, 5.74) is 3.65. The average molecular weight is 223 g/mol. The lowest BCUT2D eigenvalue weighted by molar-refractivity contribution is 0.0996. The zero-order valence-electron chi connectivity index (χ0n) is 7.69. The van der Waals surface area contributed by atoms with Crippen LogP contribution in [-0.2, 0) is 6.42 Å². The highest BCUT2D eigenvalue weighted by molar-refractivity contribution is 7.12. The Morgan fingerprint density at radius 3 is 3.00 bits per heavy atom. The Balaban J connectivity index is 2.14. The Bertz CT molecular complexity index is 431. The molecule has 2 rings (SSSR count). The van der Waals surface area contributed by atoms with Crippen molar-refractivity contribution in [3.05, 3.63) is 38.5 Å². The standard InChI is InChI=1S/C10H9NOS2/c1-7-10(14-6-11-7)9(12)4-8-2-3-13-5-8/h2-3,5-6H,4H2,1H3. The molecule has 0 amide bonds. The predicted octanol–water partition coefficient (Wildman–Crippen LogP) is 2.94. The maximum absolute atomic E-state index is 11.8. The molecule has 2 aromatic heterocycles. The van der Waals surface area contributed by atoms with Gasteiger partial charge in [-0.1, -0.05) is 0 Å². The summed E-state index contributed by atoms with van der Waals surface area (Å²) in [6, 6.07) is 1.99. The second-order valence-corrected chi connectivity index (χ2v) is 4.63. The van der Waals surface area contributed by atoms with Crippen LogP contribution in [0.3, 0.4) is 0 Å². The fourth-order valence-electron chi connectivity index (χ4n) is 1.23. The largest absolute Gasteiger partial charge is 0.293 e. The molecule has 0 saturated heterocycles. The topological polar surface area (TPSA) is 30.0 Å². The van der Waals surface area contributed by atoms with E-state index < -0.39 is 0 Å². The summed E-state index contributed by atoms with van der Waals surface area (Å²) in [5, 5.41) is 4.00. The van der Waals surface area contributed by atoms with E-state index in [2.05, 4.69) is 4.98 Å². The second kappa shape index (κ2) is 4.02. The molecular weight excluding hydrogens is 214 g/mol. The zero-order valence-corrected chi connectivity index (χ0v) is 9.32. The summed E-state index contributed by atoms with van der Waals surface area (Å²) in [7, 11) is 0. The molecule has 14 heavy (non-hydrogen) atoms. The number of hydrogen-bond donors (Lipinski definition) is 0. The Labute approximate surface area is 90.2 Å². The van der Waals surface area contributed by atoms with Gasteiger partial charge in [0.25, 0.3) is 0 Å². The summed E-state index contributed by atoms with van der Waals surface area (Å²) < 4.78 is 0. The third kappa shape index (κ3) is 1.91. The molecule has 0 spiro atoms. The van der Waals surface area contributed by atoms with Crippen LogP contribution in [0.15, 0.2) is 22.3 Å².